The van der Waals surface area contributed by atoms with E-state index in [0.29, 0.717) is 5.56 Å². The second-order valence-electron chi connectivity index (χ2n) is 14.3. The van der Waals surface area contributed by atoms with E-state index in [9.17, 15) is 5.26 Å². The Bertz CT molecular complexity index is 3040. The monoisotopic (exact) mass is 725 g/mol. The fraction of sp³-hybridized carbons (Fsp3) is 0. The molecule has 0 saturated heterocycles. The van der Waals surface area contributed by atoms with Crippen molar-refractivity contribution >= 4 is 21.8 Å². The minimum absolute atomic E-state index is 0.635. The van der Waals surface area contributed by atoms with Crippen LogP contribution in [0.25, 0.3) is 94.5 Å². The van der Waals surface area contributed by atoms with Crippen LogP contribution in [0.2, 0.25) is 0 Å². The van der Waals surface area contributed by atoms with Gasteiger partial charge in [-0.3, -0.25) is 0 Å². The van der Waals surface area contributed by atoms with Crippen LogP contribution in [0, 0.1) is 11.3 Å². The van der Waals surface area contributed by atoms with Gasteiger partial charge in [-0.1, -0.05) is 152 Å². The van der Waals surface area contributed by atoms with Crippen molar-refractivity contribution in [1.82, 2.24) is 9.55 Å². The van der Waals surface area contributed by atoms with Crippen molar-refractivity contribution < 1.29 is 0 Å². The molecule has 57 heavy (non-hydrogen) atoms. The average Bonchev–Trinajstić information content (AvgIpc) is 3.63. The Morgan fingerprint density at radius 1 is 0.333 bits per heavy atom. The fourth-order valence-corrected chi connectivity index (χ4v) is 7.96. The summed E-state index contributed by atoms with van der Waals surface area (Å²) in [5.41, 5.74) is 16.8. The maximum atomic E-state index is 9.62. The molecule has 0 amide bonds. The van der Waals surface area contributed by atoms with Gasteiger partial charge in [-0.2, -0.15) is 5.26 Å². The lowest BCUT2D eigenvalue weighted by molar-refractivity contribution is 1.18. The zero-order valence-corrected chi connectivity index (χ0v) is 31.0. The maximum absolute atomic E-state index is 9.62. The van der Waals surface area contributed by atoms with Gasteiger partial charge in [0.25, 0.3) is 0 Å². The zero-order chi connectivity index (χ0) is 38.1. The molecule has 8 aromatic carbocycles. The van der Waals surface area contributed by atoms with E-state index in [-0.39, 0.29) is 0 Å². The first-order valence-electron chi connectivity index (χ1n) is 19.2. The normalized spacial score (nSPS) is 11.1. The highest BCUT2D eigenvalue weighted by Crippen LogP contribution is 2.39. The topological polar surface area (TPSA) is 41.6 Å². The number of pyridine rings is 1. The van der Waals surface area contributed by atoms with Crippen molar-refractivity contribution in [2.75, 3.05) is 0 Å². The van der Waals surface area contributed by atoms with Crippen molar-refractivity contribution in [2.24, 2.45) is 0 Å². The number of fused-ring (bicyclic) bond motifs is 3. The summed E-state index contributed by atoms with van der Waals surface area (Å²) in [6.07, 6.45) is 0. The molecular formula is C54H35N3. The van der Waals surface area contributed by atoms with E-state index >= 15 is 0 Å². The van der Waals surface area contributed by atoms with Crippen LogP contribution in [0.5, 0.6) is 0 Å². The third kappa shape index (κ3) is 6.46. The molecule has 0 aliphatic heterocycles. The molecule has 0 unspecified atom stereocenters. The minimum Gasteiger partial charge on any atom is -0.309 e. The van der Waals surface area contributed by atoms with E-state index in [1.807, 2.05) is 36.4 Å². The summed E-state index contributed by atoms with van der Waals surface area (Å²) in [7, 11) is 0. The molecule has 3 nitrogen and oxygen atoms in total. The molecule has 0 N–H and O–H groups in total. The van der Waals surface area contributed by atoms with Gasteiger partial charge in [-0.25, -0.2) is 4.98 Å². The molecule has 2 aromatic heterocycles. The third-order valence-electron chi connectivity index (χ3n) is 10.8. The van der Waals surface area contributed by atoms with Gasteiger partial charge >= 0.3 is 0 Å². The molecule has 3 heteroatoms. The Morgan fingerprint density at radius 3 is 1.44 bits per heavy atom. The molecule has 266 valence electrons. The number of hydrogen-bond donors (Lipinski definition) is 0. The molecule has 0 saturated carbocycles. The van der Waals surface area contributed by atoms with E-state index in [1.165, 1.54) is 27.5 Å². The van der Waals surface area contributed by atoms with Crippen LogP contribution in [-0.4, -0.2) is 9.55 Å². The number of nitrogens with zero attached hydrogens (tertiary/aromatic N) is 3. The molecular weight excluding hydrogens is 691 g/mol. The number of hydrogen-bond acceptors (Lipinski definition) is 2. The Labute approximate surface area is 332 Å². The molecule has 0 aliphatic carbocycles. The van der Waals surface area contributed by atoms with E-state index < -0.39 is 0 Å². The van der Waals surface area contributed by atoms with Gasteiger partial charge in [0.05, 0.1) is 34.1 Å². The summed E-state index contributed by atoms with van der Waals surface area (Å²) in [5.74, 6) is 0. The van der Waals surface area contributed by atoms with Gasteiger partial charge in [0.15, 0.2) is 0 Å². The van der Waals surface area contributed by atoms with Gasteiger partial charge in [0, 0.05) is 27.6 Å². The number of nitriles is 1. The molecule has 10 rings (SSSR count). The molecule has 2 heterocycles. The van der Waals surface area contributed by atoms with Crippen LogP contribution in [0.4, 0.5) is 0 Å². The first kappa shape index (κ1) is 33.7. The number of para-hydroxylation sites is 1. The molecule has 0 fully saturated rings. The summed E-state index contributed by atoms with van der Waals surface area (Å²) in [6.45, 7) is 0. The minimum atomic E-state index is 0.635. The predicted molar refractivity (Wildman–Crippen MR) is 236 cm³/mol. The highest BCUT2D eigenvalue weighted by Gasteiger charge is 2.17. The zero-order valence-electron chi connectivity index (χ0n) is 31.0. The highest BCUT2D eigenvalue weighted by atomic mass is 15.0. The van der Waals surface area contributed by atoms with E-state index in [2.05, 4.69) is 187 Å². The average molecular weight is 726 g/mol. The second kappa shape index (κ2) is 14.5. The van der Waals surface area contributed by atoms with Crippen molar-refractivity contribution in [3.63, 3.8) is 0 Å². The van der Waals surface area contributed by atoms with E-state index in [4.69, 9.17) is 4.98 Å². The van der Waals surface area contributed by atoms with Crippen LogP contribution in [0.1, 0.15) is 5.56 Å². The third-order valence-corrected chi connectivity index (χ3v) is 10.8. The van der Waals surface area contributed by atoms with Crippen LogP contribution < -0.4 is 0 Å². The highest BCUT2D eigenvalue weighted by molar-refractivity contribution is 6.10. The molecule has 0 bridgehead atoms. The summed E-state index contributed by atoms with van der Waals surface area (Å²) in [6, 6.07) is 77.1. The van der Waals surface area contributed by atoms with Gasteiger partial charge in [0.2, 0.25) is 0 Å². The Balaban J connectivity index is 1.21. The lowest BCUT2D eigenvalue weighted by atomic mass is 9.95. The molecule has 10 aromatic rings. The summed E-state index contributed by atoms with van der Waals surface area (Å²) >= 11 is 0. The summed E-state index contributed by atoms with van der Waals surface area (Å²) < 4.78 is 2.41. The van der Waals surface area contributed by atoms with Crippen molar-refractivity contribution in [1.29, 1.82) is 5.26 Å². The van der Waals surface area contributed by atoms with Gasteiger partial charge in [0.1, 0.15) is 0 Å². The van der Waals surface area contributed by atoms with Gasteiger partial charge < -0.3 is 4.57 Å². The van der Waals surface area contributed by atoms with Crippen LogP contribution >= 0.6 is 0 Å². The van der Waals surface area contributed by atoms with Crippen molar-refractivity contribution in [2.45, 2.75) is 0 Å². The Hall–Kier alpha value is -7.80. The van der Waals surface area contributed by atoms with Crippen LogP contribution in [-0.2, 0) is 0 Å². The quantitative estimate of drug-likeness (QED) is 0.164. The first-order chi connectivity index (χ1) is 28.2. The SMILES string of the molecule is N#Cc1ccc(-c2cc(-c3cc(-c4ccccc4)nc(-c4ccccc4)c3)cc(-n3c4ccccc4c4ccc(-c5cccc(-c6ccccc6)c5)cc43)c2)cc1. The maximum Gasteiger partial charge on any atom is 0.0991 e. The Kier molecular flexibility index (Phi) is 8.56. The Morgan fingerprint density at radius 2 is 0.789 bits per heavy atom. The van der Waals surface area contributed by atoms with Gasteiger partial charge in [-0.05, 0) is 105 Å². The molecule has 0 atom stereocenters. The number of rotatable bonds is 7. The number of benzene rings is 8. The molecule has 0 radical (unpaired) electrons. The van der Waals surface area contributed by atoms with Gasteiger partial charge in [-0.15, -0.1) is 0 Å². The molecule has 0 spiro atoms. The standard InChI is InChI=1S/C54H35N3/c55-36-37-23-25-39(26-24-37)45-30-46(47-33-51(40-15-6-2-7-16-40)56-52(34-47)41-17-8-3-9-18-41)32-48(31-45)57-53-22-11-10-21-49(53)50-28-27-44(35-54(50)57)43-20-12-19-42(29-43)38-13-4-1-5-14-38/h1-35H. The van der Waals surface area contributed by atoms with Crippen molar-refractivity contribution in [3.05, 3.63) is 218 Å². The lowest BCUT2D eigenvalue weighted by Crippen LogP contribution is -1.97. The van der Waals surface area contributed by atoms with E-state index in [1.54, 1.807) is 0 Å². The second-order valence-corrected chi connectivity index (χ2v) is 14.3. The number of aromatic nitrogens is 2. The summed E-state index contributed by atoms with van der Waals surface area (Å²) in [4.78, 5) is 5.18. The van der Waals surface area contributed by atoms with Crippen LogP contribution in [0.15, 0.2) is 212 Å². The van der Waals surface area contributed by atoms with E-state index in [0.717, 1.165) is 67.1 Å². The predicted octanol–water partition coefficient (Wildman–Crippen LogP) is 14.1. The largest absolute Gasteiger partial charge is 0.309 e. The van der Waals surface area contributed by atoms with Crippen LogP contribution in [0.3, 0.4) is 0 Å². The summed E-state index contributed by atoms with van der Waals surface area (Å²) in [5, 5.41) is 12.0. The first-order valence-corrected chi connectivity index (χ1v) is 19.2. The fourth-order valence-electron chi connectivity index (χ4n) is 7.96. The van der Waals surface area contributed by atoms with Crippen molar-refractivity contribution in [3.8, 4) is 78.8 Å². The molecule has 0 aliphatic rings. The smallest absolute Gasteiger partial charge is 0.0991 e. The lowest BCUT2D eigenvalue weighted by Gasteiger charge is -2.16.